The third-order valence-corrected chi connectivity index (χ3v) is 5.26. The molecule has 3 N–H and O–H groups in total. The zero-order valence-electron chi connectivity index (χ0n) is 12.1. The van der Waals surface area contributed by atoms with Gasteiger partial charge in [0.25, 0.3) is 0 Å². The SMILES string of the molecule is CSCCC(C)NS(=O)(=O)c1ccc(CCCN)cc1. The molecule has 1 aromatic carbocycles. The summed E-state index contributed by atoms with van der Waals surface area (Å²) in [6, 6.07) is 6.99. The molecule has 114 valence electrons. The Morgan fingerprint density at radius 3 is 2.50 bits per heavy atom. The molecule has 0 saturated carbocycles. The summed E-state index contributed by atoms with van der Waals surface area (Å²) < 4.78 is 27.1. The quantitative estimate of drug-likeness (QED) is 0.731. The van der Waals surface area contributed by atoms with Crippen molar-refractivity contribution in [2.75, 3.05) is 18.6 Å². The number of hydrogen-bond acceptors (Lipinski definition) is 4. The maximum absolute atomic E-state index is 12.2. The number of nitrogens with two attached hydrogens (primary N) is 1. The first kappa shape index (κ1) is 17.5. The molecule has 0 amide bonds. The first-order valence-electron chi connectivity index (χ1n) is 6.80. The van der Waals surface area contributed by atoms with Crippen LogP contribution >= 0.6 is 11.8 Å². The van der Waals surface area contributed by atoms with Gasteiger partial charge in [0.2, 0.25) is 10.0 Å². The maximum atomic E-state index is 12.2. The molecule has 0 radical (unpaired) electrons. The second-order valence-electron chi connectivity index (χ2n) is 4.84. The van der Waals surface area contributed by atoms with Gasteiger partial charge in [-0.25, -0.2) is 13.1 Å². The molecule has 0 spiro atoms. The monoisotopic (exact) mass is 316 g/mol. The van der Waals surface area contributed by atoms with Gasteiger partial charge in [-0.05, 0) is 62.4 Å². The fourth-order valence-corrected chi connectivity index (χ4v) is 3.70. The highest BCUT2D eigenvalue weighted by molar-refractivity contribution is 7.98. The molecule has 0 aliphatic rings. The number of hydrogen-bond donors (Lipinski definition) is 2. The minimum absolute atomic E-state index is 0.0515. The van der Waals surface area contributed by atoms with E-state index in [9.17, 15) is 8.42 Å². The normalized spacial score (nSPS) is 13.3. The lowest BCUT2D eigenvalue weighted by molar-refractivity contribution is 0.557. The van der Waals surface area contributed by atoms with Crippen LogP contribution in [0.15, 0.2) is 29.2 Å². The van der Waals surface area contributed by atoms with E-state index in [1.54, 1.807) is 23.9 Å². The fraction of sp³-hybridized carbons (Fsp3) is 0.571. The van der Waals surface area contributed by atoms with Gasteiger partial charge in [-0.3, -0.25) is 0 Å². The van der Waals surface area contributed by atoms with E-state index in [2.05, 4.69) is 4.72 Å². The van der Waals surface area contributed by atoms with Crippen LogP contribution in [-0.4, -0.2) is 33.0 Å². The Kier molecular flexibility index (Phi) is 7.58. The molecule has 0 aliphatic carbocycles. The fourth-order valence-electron chi connectivity index (χ4n) is 1.83. The van der Waals surface area contributed by atoms with Crippen molar-refractivity contribution in [3.05, 3.63) is 29.8 Å². The van der Waals surface area contributed by atoms with Crippen molar-refractivity contribution < 1.29 is 8.42 Å². The lowest BCUT2D eigenvalue weighted by atomic mass is 10.1. The Bertz CT molecular complexity index is 486. The summed E-state index contributed by atoms with van der Waals surface area (Å²) in [5.74, 6) is 0.946. The van der Waals surface area contributed by atoms with Crippen LogP contribution in [-0.2, 0) is 16.4 Å². The summed E-state index contributed by atoms with van der Waals surface area (Å²) in [6.07, 6.45) is 4.64. The summed E-state index contributed by atoms with van der Waals surface area (Å²) in [6.45, 7) is 2.54. The summed E-state index contributed by atoms with van der Waals surface area (Å²) in [5, 5.41) is 0. The van der Waals surface area contributed by atoms with E-state index in [1.807, 2.05) is 25.3 Å². The number of nitrogens with one attached hydrogen (secondary N) is 1. The Balaban J connectivity index is 2.67. The third-order valence-electron chi connectivity index (χ3n) is 3.01. The Hall–Kier alpha value is -0.560. The van der Waals surface area contributed by atoms with Crippen LogP contribution < -0.4 is 10.5 Å². The zero-order valence-corrected chi connectivity index (χ0v) is 13.8. The van der Waals surface area contributed by atoms with E-state index >= 15 is 0 Å². The van der Waals surface area contributed by atoms with Gasteiger partial charge in [0, 0.05) is 6.04 Å². The van der Waals surface area contributed by atoms with Gasteiger partial charge in [0.15, 0.2) is 0 Å². The van der Waals surface area contributed by atoms with E-state index in [1.165, 1.54) is 0 Å². The second-order valence-corrected chi connectivity index (χ2v) is 7.54. The molecule has 0 fully saturated rings. The molecule has 1 atom stereocenters. The summed E-state index contributed by atoms with van der Waals surface area (Å²) in [5.41, 5.74) is 6.58. The number of sulfonamides is 1. The zero-order chi connectivity index (χ0) is 15.0. The minimum Gasteiger partial charge on any atom is -0.330 e. The van der Waals surface area contributed by atoms with E-state index in [4.69, 9.17) is 5.73 Å². The van der Waals surface area contributed by atoms with Gasteiger partial charge >= 0.3 is 0 Å². The smallest absolute Gasteiger partial charge is 0.240 e. The van der Waals surface area contributed by atoms with E-state index in [0.717, 1.165) is 30.6 Å². The first-order chi connectivity index (χ1) is 9.49. The molecule has 1 unspecified atom stereocenters. The predicted molar refractivity (Wildman–Crippen MR) is 86.6 cm³/mol. The maximum Gasteiger partial charge on any atom is 0.240 e. The number of aryl methyl sites for hydroxylation is 1. The van der Waals surface area contributed by atoms with Crippen molar-refractivity contribution in [2.24, 2.45) is 5.73 Å². The topological polar surface area (TPSA) is 72.2 Å². The van der Waals surface area contributed by atoms with Crippen molar-refractivity contribution in [2.45, 2.75) is 37.1 Å². The lowest BCUT2D eigenvalue weighted by Crippen LogP contribution is -2.33. The van der Waals surface area contributed by atoms with Gasteiger partial charge in [-0.2, -0.15) is 11.8 Å². The molecule has 4 nitrogen and oxygen atoms in total. The summed E-state index contributed by atoms with van der Waals surface area (Å²) in [4.78, 5) is 0.324. The highest BCUT2D eigenvalue weighted by Crippen LogP contribution is 2.13. The van der Waals surface area contributed by atoms with Crippen molar-refractivity contribution in [1.82, 2.24) is 4.72 Å². The van der Waals surface area contributed by atoms with Crippen LogP contribution in [0.25, 0.3) is 0 Å². The van der Waals surface area contributed by atoms with E-state index < -0.39 is 10.0 Å². The van der Waals surface area contributed by atoms with E-state index in [0.29, 0.717) is 11.4 Å². The Labute approximate surface area is 126 Å². The molecule has 20 heavy (non-hydrogen) atoms. The first-order valence-corrected chi connectivity index (χ1v) is 9.67. The summed E-state index contributed by atoms with van der Waals surface area (Å²) >= 11 is 1.72. The number of thioether (sulfide) groups is 1. The average molecular weight is 316 g/mol. The van der Waals surface area contributed by atoms with Crippen molar-refractivity contribution in [1.29, 1.82) is 0 Å². The molecule has 1 rings (SSSR count). The molecular formula is C14H24N2O2S2. The molecule has 0 heterocycles. The number of benzene rings is 1. The third kappa shape index (κ3) is 5.83. The van der Waals surface area contributed by atoms with Crippen molar-refractivity contribution >= 4 is 21.8 Å². The van der Waals surface area contributed by atoms with Gasteiger partial charge in [0.1, 0.15) is 0 Å². The van der Waals surface area contributed by atoms with Crippen LogP contribution in [0, 0.1) is 0 Å². The van der Waals surface area contributed by atoms with Crippen molar-refractivity contribution in [3.8, 4) is 0 Å². The second kappa shape index (κ2) is 8.67. The average Bonchev–Trinajstić information content (AvgIpc) is 2.43. The van der Waals surface area contributed by atoms with Crippen LogP contribution in [0.4, 0.5) is 0 Å². The molecular weight excluding hydrogens is 292 g/mol. The molecule has 0 saturated heterocycles. The van der Waals surface area contributed by atoms with Crippen LogP contribution in [0.5, 0.6) is 0 Å². The van der Waals surface area contributed by atoms with E-state index in [-0.39, 0.29) is 6.04 Å². The standard InChI is InChI=1S/C14H24N2O2S2/c1-12(9-11-19-2)16-20(17,18)14-7-5-13(6-8-14)4-3-10-15/h5-8,12,16H,3-4,9-11,15H2,1-2H3. The summed E-state index contributed by atoms with van der Waals surface area (Å²) in [7, 11) is -3.41. The molecule has 0 bridgehead atoms. The lowest BCUT2D eigenvalue weighted by Gasteiger charge is -2.14. The Morgan fingerprint density at radius 2 is 1.95 bits per heavy atom. The van der Waals surface area contributed by atoms with Crippen molar-refractivity contribution in [3.63, 3.8) is 0 Å². The van der Waals surface area contributed by atoms with Gasteiger partial charge in [-0.15, -0.1) is 0 Å². The van der Waals surface area contributed by atoms with Gasteiger partial charge in [0.05, 0.1) is 4.90 Å². The minimum atomic E-state index is -3.41. The molecule has 1 aromatic rings. The largest absolute Gasteiger partial charge is 0.330 e. The highest BCUT2D eigenvalue weighted by Gasteiger charge is 2.16. The molecule has 0 aromatic heterocycles. The van der Waals surface area contributed by atoms with Crippen LogP contribution in [0.3, 0.4) is 0 Å². The van der Waals surface area contributed by atoms with Crippen LogP contribution in [0.2, 0.25) is 0 Å². The van der Waals surface area contributed by atoms with Crippen LogP contribution in [0.1, 0.15) is 25.3 Å². The Morgan fingerprint density at radius 1 is 1.30 bits per heavy atom. The number of rotatable bonds is 9. The highest BCUT2D eigenvalue weighted by atomic mass is 32.2. The van der Waals surface area contributed by atoms with Gasteiger partial charge < -0.3 is 5.73 Å². The predicted octanol–water partition coefficient (Wildman–Crippen LogP) is 2.00. The van der Waals surface area contributed by atoms with Gasteiger partial charge in [-0.1, -0.05) is 12.1 Å². The molecule has 6 heteroatoms. The molecule has 0 aliphatic heterocycles.